The summed E-state index contributed by atoms with van der Waals surface area (Å²) in [4.78, 5) is 30.2. The highest BCUT2D eigenvalue weighted by Crippen LogP contribution is 2.24. The Morgan fingerprint density at radius 3 is 2.71 bits per heavy atom. The van der Waals surface area contributed by atoms with Crippen LogP contribution in [0.3, 0.4) is 0 Å². The number of benzene rings is 1. The summed E-state index contributed by atoms with van der Waals surface area (Å²) in [5.74, 6) is -0.0589. The average Bonchev–Trinajstić information content (AvgIpc) is 2.67. The van der Waals surface area contributed by atoms with Gasteiger partial charge in [0.05, 0.1) is 5.56 Å². The van der Waals surface area contributed by atoms with E-state index in [9.17, 15) is 9.59 Å². The third kappa shape index (κ3) is 2.67. The zero-order valence-corrected chi connectivity index (χ0v) is 11.9. The van der Waals surface area contributed by atoms with Crippen LogP contribution >= 0.6 is 0 Å². The number of rotatable bonds is 1. The van der Waals surface area contributed by atoms with Gasteiger partial charge in [0.2, 0.25) is 5.56 Å². The molecule has 0 spiro atoms. The third-order valence-corrected chi connectivity index (χ3v) is 3.79. The molecule has 1 N–H and O–H groups in total. The van der Waals surface area contributed by atoms with Crippen molar-refractivity contribution in [2.45, 2.75) is 6.54 Å². The largest absolute Gasteiger partial charge is 0.373 e. The first-order valence-corrected chi connectivity index (χ1v) is 6.92. The number of H-pyrrole nitrogens is 1. The van der Waals surface area contributed by atoms with E-state index < -0.39 is 0 Å². The van der Waals surface area contributed by atoms with Crippen molar-refractivity contribution in [3.05, 3.63) is 64.1 Å². The summed E-state index contributed by atoms with van der Waals surface area (Å²) in [6, 6.07) is 11.1. The fourth-order valence-corrected chi connectivity index (χ4v) is 2.59. The minimum atomic E-state index is -0.201. The maximum atomic E-state index is 12.6. The highest BCUT2D eigenvalue weighted by molar-refractivity contribution is 5.94. The van der Waals surface area contributed by atoms with E-state index in [4.69, 9.17) is 0 Å². The number of nitrogens with one attached hydrogen (secondary N) is 1. The number of likely N-dealkylation sites (N-methyl/N-ethyl adjacent to an activating group) is 1. The SMILES string of the molecule is CN1CCN(C(=O)c2ccc(=O)[nH]c2)Cc2ccccc21. The third-order valence-electron chi connectivity index (χ3n) is 3.79. The lowest BCUT2D eigenvalue weighted by Crippen LogP contribution is -2.34. The van der Waals surface area contributed by atoms with E-state index in [1.54, 1.807) is 6.07 Å². The van der Waals surface area contributed by atoms with Crippen LogP contribution in [0.1, 0.15) is 15.9 Å². The molecule has 0 atom stereocenters. The Bertz CT molecular complexity index is 703. The molecule has 3 rings (SSSR count). The fourth-order valence-electron chi connectivity index (χ4n) is 2.59. The van der Waals surface area contributed by atoms with E-state index in [-0.39, 0.29) is 11.5 Å². The number of hydrogen-bond donors (Lipinski definition) is 1. The van der Waals surface area contributed by atoms with Crippen LogP contribution in [0.2, 0.25) is 0 Å². The van der Waals surface area contributed by atoms with E-state index >= 15 is 0 Å². The first-order chi connectivity index (χ1) is 10.1. The average molecular weight is 283 g/mol. The molecular weight excluding hydrogens is 266 g/mol. The van der Waals surface area contributed by atoms with Gasteiger partial charge in [0.1, 0.15) is 0 Å². The summed E-state index contributed by atoms with van der Waals surface area (Å²) in [6.45, 7) is 2.02. The van der Waals surface area contributed by atoms with Crippen molar-refractivity contribution in [3.63, 3.8) is 0 Å². The van der Waals surface area contributed by atoms with Gasteiger partial charge >= 0.3 is 0 Å². The molecule has 108 valence electrons. The van der Waals surface area contributed by atoms with Crippen molar-refractivity contribution >= 4 is 11.6 Å². The monoisotopic (exact) mass is 283 g/mol. The number of fused-ring (bicyclic) bond motifs is 1. The lowest BCUT2D eigenvalue weighted by atomic mass is 10.1. The van der Waals surface area contributed by atoms with Crippen LogP contribution in [0.15, 0.2) is 47.4 Å². The first kappa shape index (κ1) is 13.4. The number of para-hydroxylation sites is 1. The van der Waals surface area contributed by atoms with Crippen LogP contribution in [0, 0.1) is 0 Å². The predicted octanol–water partition coefficient (Wildman–Crippen LogP) is 1.47. The molecule has 0 aliphatic carbocycles. The number of aromatic nitrogens is 1. The molecule has 0 saturated heterocycles. The molecule has 2 heterocycles. The van der Waals surface area contributed by atoms with Crippen molar-refractivity contribution < 1.29 is 4.79 Å². The maximum absolute atomic E-state index is 12.6. The minimum Gasteiger partial charge on any atom is -0.373 e. The highest BCUT2D eigenvalue weighted by Gasteiger charge is 2.22. The van der Waals surface area contributed by atoms with Gasteiger partial charge in [-0.25, -0.2) is 0 Å². The fraction of sp³-hybridized carbons (Fsp3) is 0.250. The topological polar surface area (TPSA) is 56.4 Å². The molecule has 2 aromatic rings. The lowest BCUT2D eigenvalue weighted by molar-refractivity contribution is 0.0751. The Kier molecular flexibility index (Phi) is 3.48. The molecule has 0 radical (unpaired) electrons. The van der Waals surface area contributed by atoms with E-state index in [0.717, 1.165) is 17.8 Å². The number of aromatic amines is 1. The van der Waals surface area contributed by atoms with Crippen LogP contribution in [0.25, 0.3) is 0 Å². The molecule has 5 heteroatoms. The minimum absolute atomic E-state index is 0.0589. The molecule has 1 aliphatic rings. The molecule has 5 nitrogen and oxygen atoms in total. The van der Waals surface area contributed by atoms with Gasteiger partial charge in [-0.1, -0.05) is 18.2 Å². The van der Waals surface area contributed by atoms with Crippen LogP contribution in [0.5, 0.6) is 0 Å². The summed E-state index contributed by atoms with van der Waals surface area (Å²) in [5.41, 5.74) is 2.61. The second kappa shape index (κ2) is 5.44. The smallest absolute Gasteiger partial charge is 0.255 e. The van der Waals surface area contributed by atoms with Crippen LogP contribution in [-0.2, 0) is 6.54 Å². The van der Waals surface area contributed by atoms with E-state index in [1.165, 1.54) is 12.3 Å². The van der Waals surface area contributed by atoms with Gasteiger partial charge in [-0.2, -0.15) is 0 Å². The highest BCUT2D eigenvalue weighted by atomic mass is 16.2. The number of amides is 1. The summed E-state index contributed by atoms with van der Waals surface area (Å²) >= 11 is 0. The molecule has 0 saturated carbocycles. The quantitative estimate of drug-likeness (QED) is 0.862. The van der Waals surface area contributed by atoms with Crippen molar-refractivity contribution in [3.8, 4) is 0 Å². The van der Waals surface area contributed by atoms with E-state index in [0.29, 0.717) is 18.7 Å². The first-order valence-electron chi connectivity index (χ1n) is 6.92. The summed E-state index contributed by atoms with van der Waals surface area (Å²) in [6.07, 6.45) is 1.48. The molecule has 21 heavy (non-hydrogen) atoms. The van der Waals surface area contributed by atoms with Gasteiger partial charge in [-0.15, -0.1) is 0 Å². The predicted molar refractivity (Wildman–Crippen MR) is 81.5 cm³/mol. The molecule has 0 unspecified atom stereocenters. The zero-order chi connectivity index (χ0) is 14.8. The van der Waals surface area contributed by atoms with Gasteiger partial charge in [-0.05, 0) is 17.7 Å². The van der Waals surface area contributed by atoms with Gasteiger partial charge in [0, 0.05) is 44.6 Å². The van der Waals surface area contributed by atoms with Crippen molar-refractivity contribution in [1.29, 1.82) is 0 Å². The summed E-state index contributed by atoms with van der Waals surface area (Å²) < 4.78 is 0. The molecule has 1 amide bonds. The second-order valence-electron chi connectivity index (χ2n) is 5.22. The van der Waals surface area contributed by atoms with Crippen LogP contribution in [0.4, 0.5) is 5.69 Å². The van der Waals surface area contributed by atoms with Crippen molar-refractivity contribution in [1.82, 2.24) is 9.88 Å². The number of carbonyl (C=O) groups excluding carboxylic acids is 1. The molecule has 1 aromatic heterocycles. The Morgan fingerprint density at radius 2 is 1.95 bits per heavy atom. The molecular formula is C16H17N3O2. The Balaban J connectivity index is 1.88. The van der Waals surface area contributed by atoms with Gasteiger partial charge in [0.15, 0.2) is 0 Å². The molecule has 1 aliphatic heterocycles. The summed E-state index contributed by atoms with van der Waals surface area (Å²) in [5, 5.41) is 0. The summed E-state index contributed by atoms with van der Waals surface area (Å²) in [7, 11) is 2.03. The Hall–Kier alpha value is -2.56. The second-order valence-corrected chi connectivity index (χ2v) is 5.22. The maximum Gasteiger partial charge on any atom is 0.255 e. The van der Waals surface area contributed by atoms with Gasteiger partial charge in [0.25, 0.3) is 5.91 Å². The number of nitrogens with zero attached hydrogens (tertiary/aromatic N) is 2. The van der Waals surface area contributed by atoms with Crippen molar-refractivity contribution in [2.24, 2.45) is 0 Å². The van der Waals surface area contributed by atoms with Crippen molar-refractivity contribution in [2.75, 3.05) is 25.0 Å². The standard InChI is InChI=1S/C16H17N3O2/c1-18-8-9-19(11-13-4-2-3-5-14(13)18)16(21)12-6-7-15(20)17-10-12/h2-7,10H,8-9,11H2,1H3,(H,17,20). The number of carbonyl (C=O) groups is 1. The zero-order valence-electron chi connectivity index (χ0n) is 11.9. The number of hydrogen-bond acceptors (Lipinski definition) is 3. The molecule has 0 bridgehead atoms. The van der Waals surface area contributed by atoms with Crippen LogP contribution < -0.4 is 10.5 Å². The Labute approximate surface area is 122 Å². The Morgan fingerprint density at radius 1 is 1.14 bits per heavy atom. The van der Waals surface area contributed by atoms with E-state index in [2.05, 4.69) is 16.0 Å². The molecule has 0 fully saturated rings. The molecule has 1 aromatic carbocycles. The van der Waals surface area contributed by atoms with Gasteiger partial charge in [-0.3, -0.25) is 9.59 Å². The lowest BCUT2D eigenvalue weighted by Gasteiger charge is -2.21. The van der Waals surface area contributed by atoms with E-state index in [1.807, 2.05) is 30.1 Å². The van der Waals surface area contributed by atoms with Crippen LogP contribution in [-0.4, -0.2) is 35.9 Å². The normalized spacial score (nSPS) is 14.5. The number of anilines is 1. The van der Waals surface area contributed by atoms with Gasteiger partial charge < -0.3 is 14.8 Å². The number of pyridine rings is 1.